The van der Waals surface area contributed by atoms with Crippen molar-refractivity contribution >= 4 is 0 Å². The lowest BCUT2D eigenvalue weighted by atomic mass is 9.89. The minimum absolute atomic E-state index is 0.252. The number of rotatable bonds is 5. The van der Waals surface area contributed by atoms with E-state index in [4.69, 9.17) is 0 Å². The zero-order chi connectivity index (χ0) is 15.5. The van der Waals surface area contributed by atoms with E-state index in [0.717, 1.165) is 24.9 Å². The van der Waals surface area contributed by atoms with Crippen molar-refractivity contribution in [3.8, 4) is 0 Å². The Hall–Kier alpha value is -0.860. The molecule has 1 aliphatic rings. The Bertz CT molecular complexity index is 428. The van der Waals surface area contributed by atoms with E-state index in [-0.39, 0.29) is 5.54 Å². The maximum Gasteiger partial charge on any atom is 0.0473 e. The molecular weight excluding hydrogens is 256 g/mol. The number of nitrogens with zero attached hydrogens (tertiary/aromatic N) is 1. The Morgan fingerprint density at radius 3 is 2.48 bits per heavy atom. The average molecular weight is 288 g/mol. The molecule has 2 heteroatoms. The van der Waals surface area contributed by atoms with E-state index in [9.17, 15) is 0 Å². The maximum atomic E-state index is 3.78. The van der Waals surface area contributed by atoms with Gasteiger partial charge < -0.3 is 5.32 Å². The molecule has 1 aliphatic heterocycles. The van der Waals surface area contributed by atoms with Crippen molar-refractivity contribution < 1.29 is 0 Å². The Labute approximate surface area is 130 Å². The summed E-state index contributed by atoms with van der Waals surface area (Å²) >= 11 is 0. The topological polar surface area (TPSA) is 15.3 Å². The minimum Gasteiger partial charge on any atom is -0.308 e. The maximum absolute atomic E-state index is 3.78. The lowest BCUT2D eigenvalue weighted by Gasteiger charge is -2.47. The predicted molar refractivity (Wildman–Crippen MR) is 91.5 cm³/mol. The summed E-state index contributed by atoms with van der Waals surface area (Å²) in [6, 6.07) is 11.5. The lowest BCUT2D eigenvalue weighted by molar-refractivity contribution is 0.0645. The smallest absolute Gasteiger partial charge is 0.0473 e. The lowest BCUT2D eigenvalue weighted by Crippen LogP contribution is -2.60. The molecular formula is C19H32N2. The van der Waals surface area contributed by atoms with Crippen molar-refractivity contribution in [2.45, 2.75) is 52.6 Å². The second kappa shape index (κ2) is 6.93. The number of piperazine rings is 1. The van der Waals surface area contributed by atoms with Gasteiger partial charge >= 0.3 is 0 Å². The first-order chi connectivity index (χ1) is 9.95. The summed E-state index contributed by atoms with van der Waals surface area (Å²) in [5.41, 5.74) is 1.70. The first kappa shape index (κ1) is 16.5. The van der Waals surface area contributed by atoms with Crippen molar-refractivity contribution in [3.05, 3.63) is 35.9 Å². The molecule has 0 aromatic heterocycles. The van der Waals surface area contributed by atoms with Gasteiger partial charge in [-0.1, -0.05) is 58.0 Å². The summed E-state index contributed by atoms with van der Waals surface area (Å²) in [5, 5.41) is 3.78. The SMILES string of the molecule is CCC1(C)CN(CC(C)C(C)C)C(c2ccccc2)CN1. The molecule has 2 nitrogen and oxygen atoms in total. The van der Waals surface area contributed by atoms with Crippen LogP contribution < -0.4 is 5.32 Å². The molecule has 2 rings (SSSR count). The van der Waals surface area contributed by atoms with Crippen molar-refractivity contribution in [3.63, 3.8) is 0 Å². The Balaban J connectivity index is 2.18. The molecule has 0 bridgehead atoms. The van der Waals surface area contributed by atoms with Gasteiger partial charge in [-0.2, -0.15) is 0 Å². The number of hydrogen-bond acceptors (Lipinski definition) is 2. The molecule has 1 aromatic carbocycles. The number of nitrogens with one attached hydrogen (secondary N) is 1. The molecule has 1 fully saturated rings. The number of hydrogen-bond donors (Lipinski definition) is 1. The van der Waals surface area contributed by atoms with Crippen LogP contribution in [0.25, 0.3) is 0 Å². The van der Waals surface area contributed by atoms with Gasteiger partial charge in [0.2, 0.25) is 0 Å². The summed E-state index contributed by atoms with van der Waals surface area (Å²) in [5.74, 6) is 1.47. The van der Waals surface area contributed by atoms with E-state index in [0.29, 0.717) is 6.04 Å². The summed E-state index contributed by atoms with van der Waals surface area (Å²) in [7, 11) is 0. The first-order valence-electron chi connectivity index (χ1n) is 8.49. The van der Waals surface area contributed by atoms with E-state index < -0.39 is 0 Å². The zero-order valence-corrected chi connectivity index (χ0v) is 14.4. The van der Waals surface area contributed by atoms with Crippen molar-refractivity contribution in [2.75, 3.05) is 19.6 Å². The molecule has 21 heavy (non-hydrogen) atoms. The fourth-order valence-corrected chi connectivity index (χ4v) is 3.10. The van der Waals surface area contributed by atoms with Gasteiger partial charge in [0, 0.05) is 31.2 Å². The molecule has 0 amide bonds. The minimum atomic E-state index is 0.252. The summed E-state index contributed by atoms with van der Waals surface area (Å²) in [4.78, 5) is 2.71. The highest BCUT2D eigenvalue weighted by Crippen LogP contribution is 2.30. The standard InChI is InChI=1S/C19H32N2/c1-6-19(5)14-21(13-16(4)15(2)3)18(12-20-19)17-10-8-7-9-11-17/h7-11,15-16,18,20H,6,12-14H2,1-5H3. The number of benzene rings is 1. The van der Waals surface area contributed by atoms with Gasteiger partial charge in [0.05, 0.1) is 0 Å². The molecule has 0 spiro atoms. The second-order valence-corrected chi connectivity index (χ2v) is 7.37. The van der Waals surface area contributed by atoms with Gasteiger partial charge in [0.1, 0.15) is 0 Å². The van der Waals surface area contributed by atoms with Gasteiger partial charge in [-0.25, -0.2) is 0 Å². The summed E-state index contributed by atoms with van der Waals surface area (Å²) < 4.78 is 0. The van der Waals surface area contributed by atoms with Crippen molar-refractivity contribution in [2.24, 2.45) is 11.8 Å². The van der Waals surface area contributed by atoms with Gasteiger partial charge in [-0.15, -0.1) is 0 Å². The van der Waals surface area contributed by atoms with Crippen LogP contribution in [0.1, 0.15) is 52.6 Å². The third-order valence-corrected chi connectivity index (χ3v) is 5.34. The molecule has 1 aromatic rings. The summed E-state index contributed by atoms with van der Waals surface area (Å²) in [6.07, 6.45) is 1.18. The fourth-order valence-electron chi connectivity index (χ4n) is 3.10. The van der Waals surface area contributed by atoms with Crippen LogP contribution in [0.5, 0.6) is 0 Å². The molecule has 1 N–H and O–H groups in total. The van der Waals surface area contributed by atoms with Crippen LogP contribution in [0, 0.1) is 11.8 Å². The third kappa shape index (κ3) is 4.08. The Morgan fingerprint density at radius 2 is 1.90 bits per heavy atom. The van der Waals surface area contributed by atoms with Gasteiger partial charge in [0.15, 0.2) is 0 Å². The van der Waals surface area contributed by atoms with Gasteiger partial charge in [-0.3, -0.25) is 4.90 Å². The predicted octanol–water partition coefficient (Wildman–Crippen LogP) is 4.09. The second-order valence-electron chi connectivity index (χ2n) is 7.37. The van der Waals surface area contributed by atoms with E-state index in [1.54, 1.807) is 0 Å². The Morgan fingerprint density at radius 1 is 1.24 bits per heavy atom. The van der Waals surface area contributed by atoms with Crippen LogP contribution in [0.2, 0.25) is 0 Å². The van der Waals surface area contributed by atoms with Crippen LogP contribution in [0.3, 0.4) is 0 Å². The molecule has 1 heterocycles. The van der Waals surface area contributed by atoms with Crippen molar-refractivity contribution in [1.29, 1.82) is 0 Å². The van der Waals surface area contributed by atoms with Crippen LogP contribution >= 0.6 is 0 Å². The van der Waals surface area contributed by atoms with Crippen LogP contribution in [-0.2, 0) is 0 Å². The van der Waals surface area contributed by atoms with Crippen LogP contribution in [-0.4, -0.2) is 30.1 Å². The molecule has 118 valence electrons. The molecule has 0 radical (unpaired) electrons. The third-order valence-electron chi connectivity index (χ3n) is 5.34. The van der Waals surface area contributed by atoms with E-state index in [1.165, 1.54) is 18.5 Å². The normalized spacial score (nSPS) is 28.8. The van der Waals surface area contributed by atoms with E-state index in [2.05, 4.69) is 75.2 Å². The fraction of sp³-hybridized carbons (Fsp3) is 0.684. The van der Waals surface area contributed by atoms with E-state index >= 15 is 0 Å². The highest BCUT2D eigenvalue weighted by atomic mass is 15.3. The quantitative estimate of drug-likeness (QED) is 0.878. The monoisotopic (exact) mass is 288 g/mol. The summed E-state index contributed by atoms with van der Waals surface area (Å²) in [6.45, 7) is 15.1. The van der Waals surface area contributed by atoms with Crippen molar-refractivity contribution in [1.82, 2.24) is 10.2 Å². The molecule has 0 aliphatic carbocycles. The Kier molecular flexibility index (Phi) is 5.45. The zero-order valence-electron chi connectivity index (χ0n) is 14.4. The van der Waals surface area contributed by atoms with Gasteiger partial charge in [-0.05, 0) is 30.7 Å². The molecule has 3 atom stereocenters. The van der Waals surface area contributed by atoms with Gasteiger partial charge in [0.25, 0.3) is 0 Å². The molecule has 3 unspecified atom stereocenters. The largest absolute Gasteiger partial charge is 0.308 e. The highest BCUT2D eigenvalue weighted by Gasteiger charge is 2.35. The van der Waals surface area contributed by atoms with E-state index in [1.807, 2.05) is 0 Å². The van der Waals surface area contributed by atoms with Crippen LogP contribution in [0.4, 0.5) is 0 Å². The first-order valence-corrected chi connectivity index (χ1v) is 8.49. The average Bonchev–Trinajstić information content (AvgIpc) is 2.48. The van der Waals surface area contributed by atoms with Crippen LogP contribution in [0.15, 0.2) is 30.3 Å². The highest BCUT2D eigenvalue weighted by molar-refractivity contribution is 5.21. The molecule has 1 saturated heterocycles. The molecule has 0 saturated carbocycles.